The van der Waals surface area contributed by atoms with Gasteiger partial charge in [0.05, 0.1) is 17.2 Å². The Bertz CT molecular complexity index is 1260. The maximum absolute atomic E-state index is 12.7. The van der Waals surface area contributed by atoms with Crippen molar-refractivity contribution in [3.05, 3.63) is 83.9 Å². The van der Waals surface area contributed by atoms with Gasteiger partial charge in [-0.1, -0.05) is 89.5 Å². The molecule has 230 valence electrons. The van der Waals surface area contributed by atoms with E-state index in [1.807, 2.05) is 31.2 Å². The molecule has 0 heterocycles. The predicted molar refractivity (Wildman–Crippen MR) is 171 cm³/mol. The van der Waals surface area contributed by atoms with Crippen molar-refractivity contribution in [1.82, 2.24) is 0 Å². The Morgan fingerprint density at radius 3 is 1.65 bits per heavy atom. The second-order valence-corrected chi connectivity index (χ2v) is 11.1. The zero-order valence-corrected chi connectivity index (χ0v) is 25.9. The van der Waals surface area contributed by atoms with Crippen LogP contribution in [0.4, 0.5) is 0 Å². The van der Waals surface area contributed by atoms with Crippen LogP contribution in [0.1, 0.15) is 119 Å². The Hall–Kier alpha value is -3.93. The highest BCUT2D eigenvalue weighted by atomic mass is 16.5. The molecule has 1 atom stereocenters. The van der Waals surface area contributed by atoms with Gasteiger partial charge in [0, 0.05) is 6.42 Å². The summed E-state index contributed by atoms with van der Waals surface area (Å²) in [5, 5.41) is 0. The lowest BCUT2D eigenvalue weighted by Gasteiger charge is -2.13. The highest BCUT2D eigenvalue weighted by Crippen LogP contribution is 2.24. The first kappa shape index (κ1) is 33.6. The number of ether oxygens (including phenoxy) is 3. The third-order valence-electron chi connectivity index (χ3n) is 7.35. The van der Waals surface area contributed by atoms with E-state index in [0.717, 1.165) is 49.7 Å². The van der Waals surface area contributed by atoms with Gasteiger partial charge in [0.15, 0.2) is 0 Å². The fourth-order valence-electron chi connectivity index (χ4n) is 4.74. The van der Waals surface area contributed by atoms with Crippen molar-refractivity contribution in [2.24, 2.45) is 0 Å². The van der Waals surface area contributed by atoms with Gasteiger partial charge in [-0.25, -0.2) is 9.59 Å². The Labute approximate surface area is 256 Å². The number of carbonyl (C=O) groups excluding carboxylic acids is 3. The number of hydrogen-bond acceptors (Lipinski definition) is 6. The average Bonchev–Trinajstić information content (AvgIpc) is 3.02. The summed E-state index contributed by atoms with van der Waals surface area (Å²) in [5.41, 5.74) is 2.69. The molecule has 0 aromatic heterocycles. The fraction of sp³-hybridized carbons (Fsp3) is 0.432. The molecule has 0 spiro atoms. The van der Waals surface area contributed by atoms with Crippen LogP contribution in [0.5, 0.6) is 11.5 Å². The zero-order valence-electron chi connectivity index (χ0n) is 25.9. The molecule has 3 rings (SSSR count). The van der Waals surface area contributed by atoms with E-state index < -0.39 is 5.97 Å². The van der Waals surface area contributed by atoms with E-state index in [1.165, 1.54) is 32.1 Å². The van der Waals surface area contributed by atoms with Crippen LogP contribution in [0.3, 0.4) is 0 Å². The lowest BCUT2D eigenvalue weighted by molar-refractivity contribution is -0.134. The number of esters is 3. The van der Waals surface area contributed by atoms with Crippen molar-refractivity contribution in [2.45, 2.75) is 104 Å². The van der Waals surface area contributed by atoms with Crippen molar-refractivity contribution in [3.8, 4) is 22.6 Å². The first-order valence-corrected chi connectivity index (χ1v) is 15.8. The monoisotopic (exact) mass is 586 g/mol. The van der Waals surface area contributed by atoms with Gasteiger partial charge in [0.1, 0.15) is 11.5 Å². The standard InChI is InChI=1S/C37H46O6/c1-4-6-8-10-11-13-15-35(38)42-33-24-20-30(21-25-33)29-16-18-31(19-17-29)37(40)43-34-26-22-32(23-27-34)36(39)41-28(3)14-12-9-7-5-2/h16-28H,4-15H2,1-3H3/t28-/m0/s1. The number of rotatable bonds is 18. The van der Waals surface area contributed by atoms with E-state index in [9.17, 15) is 14.4 Å². The molecule has 0 radical (unpaired) electrons. The molecule has 0 amide bonds. The molecule has 3 aromatic carbocycles. The number of unbranched alkanes of at least 4 members (excludes halogenated alkanes) is 8. The maximum atomic E-state index is 12.7. The van der Waals surface area contributed by atoms with Crippen LogP contribution >= 0.6 is 0 Å². The summed E-state index contributed by atoms with van der Waals surface area (Å²) < 4.78 is 16.5. The van der Waals surface area contributed by atoms with Crippen molar-refractivity contribution in [2.75, 3.05) is 0 Å². The van der Waals surface area contributed by atoms with Crippen LogP contribution in [0.15, 0.2) is 72.8 Å². The summed E-state index contributed by atoms with van der Waals surface area (Å²) in [6.07, 6.45) is 12.4. The van der Waals surface area contributed by atoms with E-state index in [1.54, 1.807) is 48.5 Å². The zero-order chi connectivity index (χ0) is 30.9. The molecule has 0 aliphatic rings. The highest BCUT2D eigenvalue weighted by Gasteiger charge is 2.14. The third kappa shape index (κ3) is 12.1. The lowest BCUT2D eigenvalue weighted by Crippen LogP contribution is -2.15. The minimum atomic E-state index is -0.491. The van der Waals surface area contributed by atoms with Crippen molar-refractivity contribution in [1.29, 1.82) is 0 Å². The van der Waals surface area contributed by atoms with E-state index in [-0.39, 0.29) is 18.0 Å². The molecular formula is C37H46O6. The lowest BCUT2D eigenvalue weighted by atomic mass is 10.0. The summed E-state index contributed by atoms with van der Waals surface area (Å²) in [7, 11) is 0. The van der Waals surface area contributed by atoms with E-state index in [0.29, 0.717) is 29.0 Å². The minimum Gasteiger partial charge on any atom is -0.459 e. The molecule has 0 bridgehead atoms. The second kappa shape index (κ2) is 18.6. The molecule has 0 saturated carbocycles. The average molecular weight is 587 g/mol. The smallest absolute Gasteiger partial charge is 0.343 e. The Morgan fingerprint density at radius 2 is 1.02 bits per heavy atom. The topological polar surface area (TPSA) is 78.9 Å². The van der Waals surface area contributed by atoms with Crippen LogP contribution in [-0.2, 0) is 9.53 Å². The van der Waals surface area contributed by atoms with E-state index >= 15 is 0 Å². The largest absolute Gasteiger partial charge is 0.459 e. The number of hydrogen-bond donors (Lipinski definition) is 0. The molecule has 0 unspecified atom stereocenters. The molecule has 43 heavy (non-hydrogen) atoms. The van der Waals surface area contributed by atoms with E-state index in [4.69, 9.17) is 14.2 Å². The van der Waals surface area contributed by atoms with Crippen LogP contribution in [0.2, 0.25) is 0 Å². The highest BCUT2D eigenvalue weighted by molar-refractivity contribution is 5.92. The molecule has 6 heteroatoms. The summed E-state index contributed by atoms with van der Waals surface area (Å²) in [5.74, 6) is -0.203. The van der Waals surface area contributed by atoms with Crippen LogP contribution in [0, 0.1) is 0 Å². The van der Waals surface area contributed by atoms with Crippen molar-refractivity contribution >= 4 is 17.9 Å². The fourth-order valence-corrected chi connectivity index (χ4v) is 4.74. The van der Waals surface area contributed by atoms with Crippen LogP contribution in [-0.4, -0.2) is 24.0 Å². The molecule has 0 aliphatic heterocycles. The van der Waals surface area contributed by atoms with Crippen molar-refractivity contribution in [3.63, 3.8) is 0 Å². The van der Waals surface area contributed by atoms with Gasteiger partial charge in [-0.05, 0) is 85.8 Å². The molecule has 6 nitrogen and oxygen atoms in total. The van der Waals surface area contributed by atoms with Gasteiger partial charge < -0.3 is 14.2 Å². The molecular weight excluding hydrogens is 540 g/mol. The van der Waals surface area contributed by atoms with E-state index in [2.05, 4.69) is 13.8 Å². The number of benzene rings is 3. The molecule has 3 aromatic rings. The Balaban J connectivity index is 1.45. The van der Waals surface area contributed by atoms with Crippen molar-refractivity contribution < 1.29 is 28.6 Å². The molecule has 0 saturated heterocycles. The SMILES string of the molecule is CCCCCCCCC(=O)Oc1ccc(-c2ccc(C(=O)Oc3ccc(C(=O)O[C@@H](C)CCCCCC)cc3)cc2)cc1. The van der Waals surface area contributed by atoms with Gasteiger partial charge in [0.2, 0.25) is 0 Å². The summed E-state index contributed by atoms with van der Waals surface area (Å²) in [6, 6.07) is 20.8. The molecule has 0 N–H and O–H groups in total. The quantitative estimate of drug-likeness (QED) is 0.0839. The third-order valence-corrected chi connectivity index (χ3v) is 7.35. The summed E-state index contributed by atoms with van der Waals surface area (Å²) in [6.45, 7) is 6.27. The van der Waals surface area contributed by atoms with Gasteiger partial charge in [-0.2, -0.15) is 0 Å². The first-order valence-electron chi connectivity index (χ1n) is 15.8. The Morgan fingerprint density at radius 1 is 0.558 bits per heavy atom. The maximum Gasteiger partial charge on any atom is 0.343 e. The Kier molecular flexibility index (Phi) is 14.5. The van der Waals surface area contributed by atoms with Gasteiger partial charge >= 0.3 is 17.9 Å². The summed E-state index contributed by atoms with van der Waals surface area (Å²) in [4.78, 5) is 37.3. The predicted octanol–water partition coefficient (Wildman–Crippen LogP) is 9.74. The number of carbonyl (C=O) groups is 3. The van der Waals surface area contributed by atoms with Gasteiger partial charge in [0.25, 0.3) is 0 Å². The van der Waals surface area contributed by atoms with Gasteiger partial charge in [-0.15, -0.1) is 0 Å². The van der Waals surface area contributed by atoms with Crippen LogP contribution < -0.4 is 9.47 Å². The van der Waals surface area contributed by atoms with Gasteiger partial charge in [-0.3, -0.25) is 4.79 Å². The molecule has 0 aliphatic carbocycles. The second-order valence-electron chi connectivity index (χ2n) is 11.1. The first-order chi connectivity index (χ1) is 20.9. The normalized spacial score (nSPS) is 11.5. The molecule has 0 fully saturated rings. The summed E-state index contributed by atoms with van der Waals surface area (Å²) >= 11 is 0. The minimum absolute atomic E-state index is 0.139. The van der Waals surface area contributed by atoms with Crippen LogP contribution in [0.25, 0.3) is 11.1 Å².